The minimum absolute atomic E-state index is 0.0159. The third-order valence-corrected chi connectivity index (χ3v) is 4.30. The summed E-state index contributed by atoms with van der Waals surface area (Å²) in [6.07, 6.45) is 1.45. The number of carbonyl (C=O) groups is 1. The monoisotopic (exact) mass is 405 g/mol. The van der Waals surface area contributed by atoms with E-state index >= 15 is 0 Å². The third kappa shape index (κ3) is 4.52. The van der Waals surface area contributed by atoms with Crippen LogP contribution in [-0.2, 0) is 22.7 Å². The van der Waals surface area contributed by atoms with Gasteiger partial charge in [-0.05, 0) is 36.4 Å². The van der Waals surface area contributed by atoms with Crippen molar-refractivity contribution in [1.82, 2.24) is 25.2 Å². The second-order valence-electron chi connectivity index (χ2n) is 6.54. The first-order valence-corrected chi connectivity index (χ1v) is 9.20. The Kier molecular flexibility index (Phi) is 5.51. The molecule has 2 aromatic carbocycles. The zero-order valence-electron chi connectivity index (χ0n) is 16.5. The van der Waals surface area contributed by atoms with Gasteiger partial charge in [-0.25, -0.2) is 9.78 Å². The molecule has 9 heteroatoms. The van der Waals surface area contributed by atoms with Crippen LogP contribution in [0.15, 0.2) is 59.2 Å². The summed E-state index contributed by atoms with van der Waals surface area (Å²) in [6, 6.07) is 15.0. The number of carbonyl (C=O) groups excluding carboxylic acids is 1. The van der Waals surface area contributed by atoms with Crippen LogP contribution in [0, 0.1) is 6.92 Å². The lowest BCUT2D eigenvalue weighted by Gasteiger charge is -2.01. The third-order valence-electron chi connectivity index (χ3n) is 4.30. The van der Waals surface area contributed by atoms with E-state index in [1.807, 2.05) is 55.5 Å². The molecule has 0 saturated heterocycles. The van der Waals surface area contributed by atoms with E-state index in [2.05, 4.69) is 20.4 Å². The molecule has 0 aliphatic rings. The van der Waals surface area contributed by atoms with E-state index in [0.29, 0.717) is 17.4 Å². The first-order valence-electron chi connectivity index (χ1n) is 9.20. The van der Waals surface area contributed by atoms with Crippen LogP contribution < -0.4 is 4.74 Å². The summed E-state index contributed by atoms with van der Waals surface area (Å²) in [4.78, 5) is 17.6. The Morgan fingerprint density at radius 1 is 1.07 bits per heavy atom. The topological polar surface area (TPSA) is 105 Å². The molecule has 4 rings (SSSR count). The molecule has 4 aromatic rings. The molecule has 0 atom stereocenters. The molecule has 152 valence electrons. The number of nitrogens with zero attached hydrogens (tertiary/aromatic N) is 5. The summed E-state index contributed by atoms with van der Waals surface area (Å²) in [5.74, 6) is 1.12. The molecule has 0 unspecified atom stereocenters. The van der Waals surface area contributed by atoms with Gasteiger partial charge in [0.2, 0.25) is 11.7 Å². The van der Waals surface area contributed by atoms with E-state index < -0.39 is 5.97 Å². The highest BCUT2D eigenvalue weighted by Gasteiger charge is 2.12. The number of aryl methyl sites for hydroxylation is 1. The number of hydrogen-bond donors (Lipinski definition) is 0. The molecule has 0 N–H and O–H groups in total. The van der Waals surface area contributed by atoms with Crippen LogP contribution in [0.3, 0.4) is 0 Å². The molecule has 0 aliphatic heterocycles. The molecule has 9 nitrogen and oxygen atoms in total. The van der Waals surface area contributed by atoms with Gasteiger partial charge >= 0.3 is 5.97 Å². The number of ether oxygens (including phenoxy) is 2. The van der Waals surface area contributed by atoms with Gasteiger partial charge in [0.25, 0.3) is 0 Å². The SMILES string of the molecule is COc1ccc(-c2nc(COC(=O)Cn3nnc(-c4ccc(C)cc4)n3)co2)cc1. The Hall–Kier alpha value is -4.01. The maximum Gasteiger partial charge on any atom is 0.330 e. The van der Waals surface area contributed by atoms with Crippen molar-refractivity contribution < 1.29 is 18.7 Å². The van der Waals surface area contributed by atoms with Gasteiger partial charge in [0.15, 0.2) is 6.54 Å². The lowest BCUT2D eigenvalue weighted by molar-refractivity contribution is -0.146. The molecule has 2 heterocycles. The lowest BCUT2D eigenvalue weighted by atomic mass is 10.1. The number of methoxy groups -OCH3 is 1. The fourth-order valence-electron chi connectivity index (χ4n) is 2.68. The maximum atomic E-state index is 12.1. The molecule has 30 heavy (non-hydrogen) atoms. The van der Waals surface area contributed by atoms with E-state index in [9.17, 15) is 4.79 Å². The van der Waals surface area contributed by atoms with Gasteiger partial charge in [-0.2, -0.15) is 4.80 Å². The zero-order valence-corrected chi connectivity index (χ0v) is 16.5. The van der Waals surface area contributed by atoms with Crippen molar-refractivity contribution in [2.45, 2.75) is 20.1 Å². The molecule has 0 fully saturated rings. The number of benzene rings is 2. The second-order valence-corrected chi connectivity index (χ2v) is 6.54. The van der Waals surface area contributed by atoms with Gasteiger partial charge in [-0.1, -0.05) is 29.8 Å². The number of tetrazole rings is 1. The highest BCUT2D eigenvalue weighted by Crippen LogP contribution is 2.22. The Bertz CT molecular complexity index is 1130. The number of rotatable bonds is 7. The summed E-state index contributed by atoms with van der Waals surface area (Å²) in [6.45, 7) is 1.83. The molecular weight excluding hydrogens is 386 g/mol. The maximum absolute atomic E-state index is 12.1. The van der Waals surface area contributed by atoms with Crippen LogP contribution in [-0.4, -0.2) is 38.3 Å². The Morgan fingerprint density at radius 3 is 2.53 bits per heavy atom. The Labute approximate surface area is 172 Å². The van der Waals surface area contributed by atoms with Crippen LogP contribution >= 0.6 is 0 Å². The normalized spacial score (nSPS) is 10.7. The van der Waals surface area contributed by atoms with Crippen molar-refractivity contribution in [3.05, 3.63) is 66.1 Å². The average molecular weight is 405 g/mol. The van der Waals surface area contributed by atoms with Gasteiger partial charge < -0.3 is 13.9 Å². The number of hydrogen-bond acceptors (Lipinski definition) is 8. The first kappa shape index (κ1) is 19.3. The van der Waals surface area contributed by atoms with Gasteiger partial charge in [0, 0.05) is 11.1 Å². The van der Waals surface area contributed by atoms with Crippen molar-refractivity contribution in [2.75, 3.05) is 7.11 Å². The first-order chi connectivity index (χ1) is 14.6. The van der Waals surface area contributed by atoms with E-state index in [4.69, 9.17) is 13.9 Å². The molecule has 0 radical (unpaired) electrons. The van der Waals surface area contributed by atoms with Gasteiger partial charge in [-0.15, -0.1) is 10.2 Å². The fourth-order valence-corrected chi connectivity index (χ4v) is 2.68. The van der Waals surface area contributed by atoms with Gasteiger partial charge in [-0.3, -0.25) is 0 Å². The molecule has 0 spiro atoms. The number of oxazole rings is 1. The zero-order chi connectivity index (χ0) is 20.9. The molecule has 0 bridgehead atoms. The molecule has 2 aromatic heterocycles. The standard InChI is InChI=1S/C21H19N5O4/c1-14-3-5-15(6-4-14)20-23-25-26(24-20)11-19(27)29-12-17-13-30-21(22-17)16-7-9-18(28-2)10-8-16/h3-10,13H,11-12H2,1-2H3. The fraction of sp³-hybridized carbons (Fsp3) is 0.190. The van der Waals surface area contributed by atoms with Crippen LogP contribution in [0.5, 0.6) is 5.75 Å². The highest BCUT2D eigenvalue weighted by atomic mass is 16.5. The summed E-state index contributed by atoms with van der Waals surface area (Å²) >= 11 is 0. The van der Waals surface area contributed by atoms with Crippen molar-refractivity contribution >= 4 is 5.97 Å². The predicted molar refractivity (Wildman–Crippen MR) is 106 cm³/mol. The summed E-state index contributed by atoms with van der Waals surface area (Å²) in [7, 11) is 1.60. The van der Waals surface area contributed by atoms with E-state index in [0.717, 1.165) is 22.4 Å². The molecule has 0 aliphatic carbocycles. The van der Waals surface area contributed by atoms with Crippen LogP contribution in [0.25, 0.3) is 22.8 Å². The van der Waals surface area contributed by atoms with Gasteiger partial charge in [0.05, 0.1) is 7.11 Å². The van der Waals surface area contributed by atoms with Gasteiger partial charge in [0.1, 0.15) is 24.3 Å². The van der Waals surface area contributed by atoms with Crippen LogP contribution in [0.2, 0.25) is 0 Å². The Morgan fingerprint density at radius 2 is 1.80 bits per heavy atom. The van der Waals surface area contributed by atoms with Crippen molar-refractivity contribution in [2.24, 2.45) is 0 Å². The second kappa shape index (κ2) is 8.56. The van der Waals surface area contributed by atoms with Crippen molar-refractivity contribution in [3.63, 3.8) is 0 Å². The smallest absolute Gasteiger partial charge is 0.330 e. The van der Waals surface area contributed by atoms with Crippen LogP contribution in [0.1, 0.15) is 11.3 Å². The minimum atomic E-state index is -0.503. The quantitative estimate of drug-likeness (QED) is 0.432. The summed E-state index contributed by atoms with van der Waals surface area (Å²) in [5.41, 5.74) is 3.26. The number of esters is 1. The van der Waals surface area contributed by atoms with E-state index in [1.165, 1.54) is 11.1 Å². The molecule has 0 amide bonds. The largest absolute Gasteiger partial charge is 0.497 e. The predicted octanol–water partition coefficient (Wildman–Crippen LogP) is 3.06. The lowest BCUT2D eigenvalue weighted by Crippen LogP contribution is -2.15. The highest BCUT2D eigenvalue weighted by molar-refractivity contribution is 5.69. The van der Waals surface area contributed by atoms with E-state index in [1.54, 1.807) is 7.11 Å². The average Bonchev–Trinajstić information content (AvgIpc) is 3.43. The summed E-state index contributed by atoms with van der Waals surface area (Å²) in [5, 5.41) is 12.1. The molecule has 0 saturated carbocycles. The Balaban J connectivity index is 1.32. The van der Waals surface area contributed by atoms with E-state index in [-0.39, 0.29) is 13.2 Å². The minimum Gasteiger partial charge on any atom is -0.497 e. The van der Waals surface area contributed by atoms with Crippen molar-refractivity contribution in [1.29, 1.82) is 0 Å². The van der Waals surface area contributed by atoms with Crippen LogP contribution in [0.4, 0.5) is 0 Å². The number of aromatic nitrogens is 5. The van der Waals surface area contributed by atoms with Crippen molar-refractivity contribution in [3.8, 4) is 28.6 Å². The molecular formula is C21H19N5O4. The summed E-state index contributed by atoms with van der Waals surface area (Å²) < 4.78 is 15.8.